The first kappa shape index (κ1) is 18.5. The molecule has 2 aromatic rings. The van der Waals surface area contributed by atoms with Gasteiger partial charge in [0.2, 0.25) is 0 Å². The molecule has 1 heterocycles. The Hall–Kier alpha value is -1.32. The van der Waals surface area contributed by atoms with Crippen LogP contribution in [0.3, 0.4) is 0 Å². The first-order valence-electron chi connectivity index (χ1n) is 8.60. The standard InChI is InChI=1S/C20H21Cl2F2N/c1-2-13-8-14(9-15-6-7-16(23)10-19(15)24)12-25(11-13)20-17(21)4-3-5-18(20)22/h3-7,10,13-14H,2,8-9,11-12H2,1H3. The quantitative estimate of drug-likeness (QED) is 0.592. The Labute approximate surface area is 157 Å². The van der Waals surface area contributed by atoms with Crippen LogP contribution < -0.4 is 4.90 Å². The third-order valence-electron chi connectivity index (χ3n) is 4.98. The Bertz CT molecular complexity index is 730. The Morgan fingerprint density at radius 3 is 2.36 bits per heavy atom. The number of halogens is 4. The van der Waals surface area contributed by atoms with E-state index in [1.807, 2.05) is 18.2 Å². The van der Waals surface area contributed by atoms with Crippen molar-refractivity contribution in [2.45, 2.75) is 26.2 Å². The van der Waals surface area contributed by atoms with E-state index < -0.39 is 11.6 Å². The van der Waals surface area contributed by atoms with Gasteiger partial charge in [0.05, 0.1) is 15.7 Å². The maximum Gasteiger partial charge on any atom is 0.129 e. The average Bonchev–Trinajstić information content (AvgIpc) is 2.57. The minimum absolute atomic E-state index is 0.269. The first-order chi connectivity index (χ1) is 12.0. The molecule has 134 valence electrons. The molecule has 1 aliphatic heterocycles. The summed E-state index contributed by atoms with van der Waals surface area (Å²) in [5, 5.41) is 1.27. The summed E-state index contributed by atoms with van der Waals surface area (Å²) in [6.45, 7) is 3.82. The highest BCUT2D eigenvalue weighted by Gasteiger charge is 2.29. The van der Waals surface area contributed by atoms with Crippen LogP contribution in [-0.4, -0.2) is 13.1 Å². The molecule has 0 bridgehead atoms. The van der Waals surface area contributed by atoms with Crippen LogP contribution >= 0.6 is 23.2 Å². The number of para-hydroxylation sites is 1. The van der Waals surface area contributed by atoms with E-state index in [2.05, 4.69) is 11.8 Å². The molecule has 0 aromatic heterocycles. The van der Waals surface area contributed by atoms with Gasteiger partial charge < -0.3 is 4.90 Å². The van der Waals surface area contributed by atoms with Gasteiger partial charge in [0, 0.05) is 19.2 Å². The van der Waals surface area contributed by atoms with E-state index in [0.29, 0.717) is 27.9 Å². The van der Waals surface area contributed by atoms with E-state index in [0.717, 1.165) is 37.7 Å². The number of hydrogen-bond donors (Lipinski definition) is 0. The van der Waals surface area contributed by atoms with Gasteiger partial charge >= 0.3 is 0 Å². The molecule has 1 saturated heterocycles. The summed E-state index contributed by atoms with van der Waals surface area (Å²) in [6, 6.07) is 9.34. The van der Waals surface area contributed by atoms with E-state index >= 15 is 0 Å². The van der Waals surface area contributed by atoms with Crippen LogP contribution in [0, 0.1) is 23.5 Å². The van der Waals surface area contributed by atoms with Crippen LogP contribution in [0.2, 0.25) is 10.0 Å². The molecule has 2 atom stereocenters. The Morgan fingerprint density at radius 1 is 1.04 bits per heavy atom. The third kappa shape index (κ3) is 4.27. The van der Waals surface area contributed by atoms with Crippen LogP contribution in [0.25, 0.3) is 0 Å². The minimum atomic E-state index is -0.541. The van der Waals surface area contributed by atoms with Gasteiger partial charge in [-0.25, -0.2) is 8.78 Å². The molecule has 2 unspecified atom stereocenters. The molecule has 1 fully saturated rings. The van der Waals surface area contributed by atoms with Crippen molar-refractivity contribution in [3.63, 3.8) is 0 Å². The predicted molar refractivity (Wildman–Crippen MR) is 101 cm³/mol. The van der Waals surface area contributed by atoms with E-state index in [1.165, 1.54) is 6.07 Å². The molecule has 0 radical (unpaired) electrons. The first-order valence-corrected chi connectivity index (χ1v) is 9.36. The van der Waals surface area contributed by atoms with Crippen LogP contribution in [0.15, 0.2) is 36.4 Å². The van der Waals surface area contributed by atoms with Crippen LogP contribution in [0.4, 0.5) is 14.5 Å². The second kappa shape index (κ2) is 7.92. The van der Waals surface area contributed by atoms with Gasteiger partial charge in [0.25, 0.3) is 0 Å². The van der Waals surface area contributed by atoms with Gasteiger partial charge in [-0.15, -0.1) is 0 Å². The Morgan fingerprint density at radius 2 is 1.72 bits per heavy atom. The van der Waals surface area contributed by atoms with Crippen LogP contribution in [0.1, 0.15) is 25.3 Å². The SMILES string of the molecule is CCC1CC(Cc2ccc(F)cc2F)CN(c2c(Cl)cccc2Cl)C1. The zero-order valence-electron chi connectivity index (χ0n) is 14.1. The molecule has 1 aliphatic rings. The van der Waals surface area contributed by atoms with Crippen LogP contribution in [-0.2, 0) is 6.42 Å². The lowest BCUT2D eigenvalue weighted by Gasteiger charge is -2.40. The van der Waals surface area contributed by atoms with E-state index in [-0.39, 0.29) is 5.92 Å². The average molecular weight is 384 g/mol. The molecule has 0 N–H and O–H groups in total. The number of rotatable bonds is 4. The van der Waals surface area contributed by atoms with Crippen LogP contribution in [0.5, 0.6) is 0 Å². The number of anilines is 1. The zero-order chi connectivity index (χ0) is 18.0. The fraction of sp³-hybridized carbons (Fsp3) is 0.400. The predicted octanol–water partition coefficient (Wildman–Crippen LogP) is 6.37. The van der Waals surface area contributed by atoms with E-state index in [9.17, 15) is 8.78 Å². The lowest BCUT2D eigenvalue weighted by molar-refractivity contribution is 0.307. The molecule has 0 aliphatic carbocycles. The lowest BCUT2D eigenvalue weighted by Crippen LogP contribution is -2.41. The molecule has 3 rings (SSSR count). The minimum Gasteiger partial charge on any atom is -0.369 e. The summed E-state index contributed by atoms with van der Waals surface area (Å²) in [4.78, 5) is 2.22. The highest BCUT2D eigenvalue weighted by atomic mass is 35.5. The lowest BCUT2D eigenvalue weighted by atomic mass is 9.83. The smallest absolute Gasteiger partial charge is 0.129 e. The van der Waals surface area contributed by atoms with Gasteiger partial charge in [0.1, 0.15) is 11.6 Å². The topological polar surface area (TPSA) is 3.24 Å². The van der Waals surface area contributed by atoms with Crippen molar-refractivity contribution in [1.29, 1.82) is 0 Å². The number of piperidine rings is 1. The largest absolute Gasteiger partial charge is 0.369 e. The highest BCUT2D eigenvalue weighted by Crippen LogP contribution is 2.38. The fourth-order valence-electron chi connectivity index (χ4n) is 3.73. The molecule has 0 saturated carbocycles. The maximum absolute atomic E-state index is 14.0. The molecule has 5 heteroatoms. The third-order valence-corrected chi connectivity index (χ3v) is 5.59. The molecule has 25 heavy (non-hydrogen) atoms. The molecule has 1 nitrogen and oxygen atoms in total. The van der Waals surface area contributed by atoms with Gasteiger partial charge in [-0.1, -0.05) is 48.7 Å². The second-order valence-corrected chi connectivity index (χ2v) is 7.61. The van der Waals surface area contributed by atoms with Gasteiger partial charge in [-0.05, 0) is 48.4 Å². The summed E-state index contributed by atoms with van der Waals surface area (Å²) in [7, 11) is 0. The summed E-state index contributed by atoms with van der Waals surface area (Å²) in [5.41, 5.74) is 1.42. The Balaban J connectivity index is 1.83. The van der Waals surface area contributed by atoms with Crippen molar-refractivity contribution in [3.05, 3.63) is 63.6 Å². The normalized spacial score (nSPS) is 20.8. The van der Waals surface area contributed by atoms with Crippen molar-refractivity contribution in [3.8, 4) is 0 Å². The van der Waals surface area contributed by atoms with Crippen molar-refractivity contribution < 1.29 is 8.78 Å². The van der Waals surface area contributed by atoms with Crippen molar-refractivity contribution >= 4 is 28.9 Å². The summed E-state index contributed by atoms with van der Waals surface area (Å²) in [6.07, 6.45) is 2.65. The molecule has 0 amide bonds. The summed E-state index contributed by atoms with van der Waals surface area (Å²) in [5.74, 6) is -0.248. The van der Waals surface area contributed by atoms with Crippen molar-refractivity contribution in [2.75, 3.05) is 18.0 Å². The Kier molecular flexibility index (Phi) is 5.85. The van der Waals surface area contributed by atoms with E-state index in [4.69, 9.17) is 23.2 Å². The summed E-state index contributed by atoms with van der Waals surface area (Å²) >= 11 is 12.8. The molecule has 0 spiro atoms. The summed E-state index contributed by atoms with van der Waals surface area (Å²) < 4.78 is 27.2. The van der Waals surface area contributed by atoms with Crippen molar-refractivity contribution in [1.82, 2.24) is 0 Å². The molecule has 2 aromatic carbocycles. The highest BCUT2D eigenvalue weighted by molar-refractivity contribution is 6.39. The number of benzene rings is 2. The zero-order valence-corrected chi connectivity index (χ0v) is 15.6. The van der Waals surface area contributed by atoms with Gasteiger partial charge in [-0.2, -0.15) is 0 Å². The van der Waals surface area contributed by atoms with E-state index in [1.54, 1.807) is 6.07 Å². The van der Waals surface area contributed by atoms with Crippen molar-refractivity contribution in [2.24, 2.45) is 11.8 Å². The van der Waals surface area contributed by atoms with Gasteiger partial charge in [-0.3, -0.25) is 0 Å². The second-order valence-electron chi connectivity index (χ2n) is 6.79. The number of hydrogen-bond acceptors (Lipinski definition) is 1. The fourth-order valence-corrected chi connectivity index (χ4v) is 4.37. The number of nitrogens with zero attached hydrogens (tertiary/aromatic N) is 1. The molecular formula is C20H21Cl2F2N. The maximum atomic E-state index is 14.0. The van der Waals surface area contributed by atoms with Gasteiger partial charge in [0.15, 0.2) is 0 Å². The molecular weight excluding hydrogens is 363 g/mol. The monoisotopic (exact) mass is 383 g/mol.